The molecule has 0 saturated heterocycles. The molecule has 0 bridgehead atoms. The van der Waals surface area contributed by atoms with Crippen LogP contribution in [0.2, 0.25) is 0 Å². The van der Waals surface area contributed by atoms with Crippen LogP contribution in [0.5, 0.6) is 0 Å². The van der Waals surface area contributed by atoms with E-state index in [0.717, 1.165) is 5.65 Å². The van der Waals surface area contributed by atoms with Gasteiger partial charge in [-0.1, -0.05) is 6.07 Å². The average molecular weight is 248 g/mol. The lowest BCUT2D eigenvalue weighted by Gasteiger charge is -2.11. The Morgan fingerprint density at radius 3 is 2.94 bits per heavy atom. The molecule has 7 nitrogen and oxygen atoms in total. The summed E-state index contributed by atoms with van der Waals surface area (Å²) in [6.45, 7) is 1.10. The third-order valence-corrected chi connectivity index (χ3v) is 2.33. The highest BCUT2D eigenvalue weighted by atomic mass is 16.2. The average Bonchev–Trinajstić information content (AvgIpc) is 2.76. The van der Waals surface area contributed by atoms with Crippen LogP contribution in [0.4, 0.5) is 10.7 Å². The number of urea groups is 1. The maximum Gasteiger partial charge on any atom is 0.316 e. The highest BCUT2D eigenvalue weighted by molar-refractivity contribution is 5.73. The fourth-order valence-corrected chi connectivity index (χ4v) is 1.41. The Hall–Kier alpha value is -2.31. The number of fused-ring (bicyclic) bond motifs is 1. The first kappa shape index (κ1) is 12.2. The number of hydrogen-bond donors (Lipinski definition) is 2. The van der Waals surface area contributed by atoms with Gasteiger partial charge in [-0.05, 0) is 12.1 Å². The van der Waals surface area contributed by atoms with E-state index in [1.165, 1.54) is 4.90 Å². The second kappa shape index (κ2) is 5.35. The minimum Gasteiger partial charge on any atom is -0.351 e. The van der Waals surface area contributed by atoms with Gasteiger partial charge in [0.2, 0.25) is 5.95 Å². The van der Waals surface area contributed by atoms with Crippen LogP contribution >= 0.6 is 0 Å². The quantitative estimate of drug-likeness (QED) is 0.769. The van der Waals surface area contributed by atoms with Gasteiger partial charge < -0.3 is 15.5 Å². The molecule has 2 N–H and O–H groups in total. The summed E-state index contributed by atoms with van der Waals surface area (Å²) >= 11 is 0. The molecule has 2 aromatic rings. The van der Waals surface area contributed by atoms with Crippen LogP contribution in [-0.4, -0.2) is 52.7 Å². The molecule has 18 heavy (non-hydrogen) atoms. The van der Waals surface area contributed by atoms with E-state index in [9.17, 15) is 4.79 Å². The molecule has 0 fully saturated rings. The van der Waals surface area contributed by atoms with E-state index < -0.39 is 0 Å². The molecule has 0 spiro atoms. The highest BCUT2D eigenvalue weighted by Gasteiger charge is 2.03. The van der Waals surface area contributed by atoms with Gasteiger partial charge in [0, 0.05) is 33.4 Å². The summed E-state index contributed by atoms with van der Waals surface area (Å²) in [5.41, 5.74) is 0.789. The number of pyridine rings is 1. The van der Waals surface area contributed by atoms with Gasteiger partial charge in [-0.3, -0.25) is 0 Å². The minimum absolute atomic E-state index is 0.111. The summed E-state index contributed by atoms with van der Waals surface area (Å²) in [5.74, 6) is 0.556. The number of nitrogens with zero attached hydrogens (tertiary/aromatic N) is 4. The molecule has 0 radical (unpaired) electrons. The van der Waals surface area contributed by atoms with E-state index in [-0.39, 0.29) is 6.03 Å². The number of hydrogen-bond acceptors (Lipinski definition) is 4. The van der Waals surface area contributed by atoms with Crippen LogP contribution in [0.25, 0.3) is 5.65 Å². The predicted octanol–water partition coefficient (Wildman–Crippen LogP) is 0.412. The SMILES string of the molecule is CN(C)C(=O)NCCNc1nc2ccccn2n1. The molecule has 2 amide bonds. The van der Waals surface area contributed by atoms with Crippen molar-refractivity contribution in [3.8, 4) is 0 Å². The van der Waals surface area contributed by atoms with E-state index in [4.69, 9.17) is 0 Å². The van der Waals surface area contributed by atoms with Gasteiger partial charge in [-0.15, -0.1) is 5.10 Å². The molecule has 0 saturated carbocycles. The van der Waals surface area contributed by atoms with Gasteiger partial charge in [-0.25, -0.2) is 9.31 Å². The standard InChI is InChI=1S/C11H16N6O/c1-16(2)11(18)13-7-6-12-10-14-9-5-3-4-8-17(9)15-10/h3-5,8H,6-7H2,1-2H3,(H,12,15)(H,13,18). The van der Waals surface area contributed by atoms with E-state index >= 15 is 0 Å². The molecule has 2 heterocycles. The number of nitrogens with one attached hydrogen (secondary N) is 2. The van der Waals surface area contributed by atoms with Crippen molar-refractivity contribution in [1.82, 2.24) is 24.8 Å². The van der Waals surface area contributed by atoms with Crippen molar-refractivity contribution in [2.45, 2.75) is 0 Å². The highest BCUT2D eigenvalue weighted by Crippen LogP contribution is 2.03. The van der Waals surface area contributed by atoms with E-state index in [2.05, 4.69) is 20.7 Å². The Balaban J connectivity index is 1.82. The van der Waals surface area contributed by atoms with Gasteiger partial charge in [0.15, 0.2) is 5.65 Å². The summed E-state index contributed by atoms with van der Waals surface area (Å²) in [6, 6.07) is 5.57. The van der Waals surface area contributed by atoms with Crippen molar-refractivity contribution in [3.05, 3.63) is 24.4 Å². The lowest BCUT2D eigenvalue weighted by molar-refractivity contribution is 0.218. The molecule has 0 unspecified atom stereocenters. The summed E-state index contributed by atoms with van der Waals surface area (Å²) in [7, 11) is 3.40. The van der Waals surface area contributed by atoms with Crippen LogP contribution in [-0.2, 0) is 0 Å². The second-order valence-corrected chi connectivity index (χ2v) is 3.99. The summed E-state index contributed by atoms with van der Waals surface area (Å²) < 4.78 is 1.70. The third kappa shape index (κ3) is 2.88. The van der Waals surface area contributed by atoms with Crippen LogP contribution in [0.1, 0.15) is 0 Å². The zero-order valence-electron chi connectivity index (χ0n) is 10.4. The van der Waals surface area contributed by atoms with Crippen molar-refractivity contribution < 1.29 is 4.79 Å². The van der Waals surface area contributed by atoms with Gasteiger partial charge >= 0.3 is 6.03 Å². The van der Waals surface area contributed by atoms with E-state index in [1.54, 1.807) is 18.6 Å². The molecule has 2 aromatic heterocycles. The van der Waals surface area contributed by atoms with Crippen LogP contribution in [0, 0.1) is 0 Å². The van der Waals surface area contributed by atoms with Crippen molar-refractivity contribution in [3.63, 3.8) is 0 Å². The molecule has 96 valence electrons. The molecule has 7 heteroatoms. The van der Waals surface area contributed by atoms with Crippen molar-refractivity contribution >= 4 is 17.6 Å². The summed E-state index contributed by atoms with van der Waals surface area (Å²) in [6.07, 6.45) is 1.83. The number of amides is 2. The zero-order chi connectivity index (χ0) is 13.0. The van der Waals surface area contributed by atoms with Crippen molar-refractivity contribution in [2.24, 2.45) is 0 Å². The monoisotopic (exact) mass is 248 g/mol. The fourth-order valence-electron chi connectivity index (χ4n) is 1.41. The summed E-state index contributed by atoms with van der Waals surface area (Å²) in [5, 5.41) is 10.0. The second-order valence-electron chi connectivity index (χ2n) is 3.99. The molecule has 0 aliphatic rings. The number of carbonyl (C=O) groups excluding carboxylic acids is 1. The Morgan fingerprint density at radius 2 is 2.22 bits per heavy atom. The van der Waals surface area contributed by atoms with Crippen molar-refractivity contribution in [2.75, 3.05) is 32.5 Å². The fraction of sp³-hybridized carbons (Fsp3) is 0.364. The molecule has 0 aliphatic carbocycles. The Morgan fingerprint density at radius 1 is 1.39 bits per heavy atom. The maximum atomic E-state index is 11.2. The van der Waals surface area contributed by atoms with Gasteiger partial charge in [-0.2, -0.15) is 4.98 Å². The number of carbonyl (C=O) groups is 1. The lowest BCUT2D eigenvalue weighted by atomic mass is 10.5. The normalized spacial score (nSPS) is 10.3. The first-order chi connectivity index (χ1) is 8.66. The summed E-state index contributed by atoms with van der Waals surface area (Å²) in [4.78, 5) is 17.0. The topological polar surface area (TPSA) is 74.6 Å². The smallest absolute Gasteiger partial charge is 0.316 e. The number of anilines is 1. The lowest BCUT2D eigenvalue weighted by Crippen LogP contribution is -2.37. The largest absolute Gasteiger partial charge is 0.351 e. The number of rotatable bonds is 4. The maximum absolute atomic E-state index is 11.2. The first-order valence-corrected chi connectivity index (χ1v) is 5.67. The Labute approximate surface area is 105 Å². The molecular weight excluding hydrogens is 232 g/mol. The van der Waals surface area contributed by atoms with E-state index in [0.29, 0.717) is 19.0 Å². The van der Waals surface area contributed by atoms with Gasteiger partial charge in [0.1, 0.15) is 0 Å². The van der Waals surface area contributed by atoms with Crippen LogP contribution in [0.15, 0.2) is 24.4 Å². The van der Waals surface area contributed by atoms with Gasteiger partial charge in [0.25, 0.3) is 0 Å². The first-order valence-electron chi connectivity index (χ1n) is 5.67. The molecule has 0 aliphatic heterocycles. The van der Waals surface area contributed by atoms with Crippen LogP contribution in [0.3, 0.4) is 0 Å². The third-order valence-electron chi connectivity index (χ3n) is 2.33. The Bertz CT molecular complexity index is 502. The number of aromatic nitrogens is 3. The predicted molar refractivity (Wildman–Crippen MR) is 68.6 cm³/mol. The van der Waals surface area contributed by atoms with Gasteiger partial charge in [0.05, 0.1) is 0 Å². The molecule has 0 atom stereocenters. The molecule has 0 aromatic carbocycles. The molecular formula is C11H16N6O. The van der Waals surface area contributed by atoms with E-state index in [1.807, 2.05) is 24.4 Å². The molecule has 2 rings (SSSR count). The van der Waals surface area contributed by atoms with Crippen LogP contribution < -0.4 is 10.6 Å². The zero-order valence-corrected chi connectivity index (χ0v) is 10.4. The minimum atomic E-state index is -0.111. The van der Waals surface area contributed by atoms with Crippen molar-refractivity contribution in [1.29, 1.82) is 0 Å². The Kier molecular flexibility index (Phi) is 3.61.